The van der Waals surface area contributed by atoms with Gasteiger partial charge in [0.2, 0.25) is 0 Å². The molecule has 0 aliphatic rings. The van der Waals surface area contributed by atoms with E-state index in [1.165, 1.54) is 12.1 Å². The second-order valence-electron chi connectivity index (χ2n) is 2.64. The van der Waals surface area contributed by atoms with Gasteiger partial charge in [-0.3, -0.25) is 0 Å². The molecule has 0 bridgehead atoms. The summed E-state index contributed by atoms with van der Waals surface area (Å²) in [5.41, 5.74) is 0.292. The molecule has 0 heterocycles. The Morgan fingerprint density at radius 1 is 1.57 bits per heavy atom. The van der Waals surface area contributed by atoms with E-state index in [0.29, 0.717) is 12.2 Å². The second kappa shape index (κ2) is 5.03. The van der Waals surface area contributed by atoms with E-state index in [2.05, 4.69) is 0 Å². The maximum Gasteiger partial charge on any atom is 0.166 e. The summed E-state index contributed by atoms with van der Waals surface area (Å²) < 4.78 is 18.3. The Morgan fingerprint density at radius 2 is 2.36 bits per heavy atom. The molecule has 2 nitrogen and oxygen atoms in total. The summed E-state index contributed by atoms with van der Waals surface area (Å²) in [6.45, 7) is 2.19. The Morgan fingerprint density at radius 3 is 2.93 bits per heavy atom. The van der Waals surface area contributed by atoms with E-state index >= 15 is 0 Å². The van der Waals surface area contributed by atoms with E-state index in [1.807, 2.05) is 19.1 Å². The molecule has 1 aromatic rings. The van der Waals surface area contributed by atoms with Gasteiger partial charge in [0.25, 0.3) is 0 Å². The van der Waals surface area contributed by atoms with Crippen molar-refractivity contribution in [3.05, 3.63) is 41.7 Å². The first-order valence-corrected chi connectivity index (χ1v) is 4.21. The van der Waals surface area contributed by atoms with Crippen LogP contribution in [-0.4, -0.2) is 6.61 Å². The van der Waals surface area contributed by atoms with Crippen LogP contribution < -0.4 is 4.74 Å². The van der Waals surface area contributed by atoms with Crippen LogP contribution in [0.4, 0.5) is 4.39 Å². The van der Waals surface area contributed by atoms with Gasteiger partial charge in [-0.2, -0.15) is 5.26 Å². The highest BCUT2D eigenvalue weighted by atomic mass is 19.1. The number of ether oxygens (including phenoxy) is 1. The molecule has 0 spiro atoms. The Hall–Kier alpha value is -1.82. The van der Waals surface area contributed by atoms with Gasteiger partial charge in [0.1, 0.15) is 6.61 Å². The third-order valence-electron chi connectivity index (χ3n) is 1.63. The first kappa shape index (κ1) is 10.3. The summed E-state index contributed by atoms with van der Waals surface area (Å²) in [7, 11) is 0. The summed E-state index contributed by atoms with van der Waals surface area (Å²) in [5, 5.41) is 8.50. The summed E-state index contributed by atoms with van der Waals surface area (Å²) in [5.74, 6) is -0.337. The van der Waals surface area contributed by atoms with Gasteiger partial charge < -0.3 is 4.74 Å². The minimum absolute atomic E-state index is 0.169. The highest BCUT2D eigenvalue weighted by Crippen LogP contribution is 2.17. The Balaban J connectivity index is 2.75. The topological polar surface area (TPSA) is 33.0 Å². The molecule has 0 aromatic heterocycles. The standard InChI is InChI=1S/C11H10FNO/c1-2-3-6-14-11-5-4-9(8-13)7-10(11)12/h2-5,7H,6H2,1H3/b3-2+. The van der Waals surface area contributed by atoms with Gasteiger partial charge in [-0.1, -0.05) is 12.2 Å². The monoisotopic (exact) mass is 191 g/mol. The fourth-order valence-corrected chi connectivity index (χ4v) is 0.922. The van der Waals surface area contributed by atoms with Crippen molar-refractivity contribution in [2.45, 2.75) is 6.92 Å². The number of rotatable bonds is 3. The van der Waals surface area contributed by atoms with E-state index < -0.39 is 5.82 Å². The number of halogens is 1. The van der Waals surface area contributed by atoms with Crippen LogP contribution in [0.5, 0.6) is 5.75 Å². The average molecular weight is 191 g/mol. The number of hydrogen-bond acceptors (Lipinski definition) is 2. The lowest BCUT2D eigenvalue weighted by atomic mass is 10.2. The third kappa shape index (κ3) is 2.60. The lowest BCUT2D eigenvalue weighted by Gasteiger charge is -2.03. The SMILES string of the molecule is C/C=C/COc1ccc(C#N)cc1F. The van der Waals surface area contributed by atoms with Crippen molar-refractivity contribution in [2.24, 2.45) is 0 Å². The molecular formula is C11H10FNO. The summed E-state index contributed by atoms with van der Waals surface area (Å²) in [6, 6.07) is 5.99. The zero-order valence-electron chi connectivity index (χ0n) is 7.83. The molecule has 0 atom stereocenters. The van der Waals surface area contributed by atoms with Gasteiger partial charge in [-0.05, 0) is 25.1 Å². The van der Waals surface area contributed by atoms with Crippen molar-refractivity contribution in [3.63, 3.8) is 0 Å². The van der Waals surface area contributed by atoms with E-state index in [0.717, 1.165) is 6.07 Å². The highest BCUT2D eigenvalue weighted by molar-refractivity contribution is 5.36. The molecule has 72 valence electrons. The van der Waals surface area contributed by atoms with Crippen molar-refractivity contribution in [3.8, 4) is 11.8 Å². The quantitative estimate of drug-likeness (QED) is 0.688. The fraction of sp³-hybridized carbons (Fsp3) is 0.182. The van der Waals surface area contributed by atoms with Gasteiger partial charge in [-0.25, -0.2) is 4.39 Å². The van der Waals surface area contributed by atoms with Gasteiger partial charge in [0.05, 0.1) is 11.6 Å². The molecule has 3 heteroatoms. The number of benzene rings is 1. The molecule has 0 radical (unpaired) electrons. The molecule has 0 saturated carbocycles. The molecular weight excluding hydrogens is 181 g/mol. The van der Waals surface area contributed by atoms with Crippen LogP contribution in [0.1, 0.15) is 12.5 Å². The predicted molar refractivity (Wildman–Crippen MR) is 51.4 cm³/mol. The van der Waals surface area contributed by atoms with Crippen molar-refractivity contribution in [1.29, 1.82) is 5.26 Å². The average Bonchev–Trinajstić information content (AvgIpc) is 2.20. The zero-order chi connectivity index (χ0) is 10.4. The molecule has 0 unspecified atom stereocenters. The smallest absolute Gasteiger partial charge is 0.166 e. The van der Waals surface area contributed by atoms with Gasteiger partial charge >= 0.3 is 0 Å². The summed E-state index contributed by atoms with van der Waals surface area (Å²) in [6.07, 6.45) is 3.60. The number of nitriles is 1. The number of nitrogens with zero attached hydrogens (tertiary/aromatic N) is 1. The maximum atomic E-state index is 13.2. The lowest BCUT2D eigenvalue weighted by molar-refractivity contribution is 0.341. The van der Waals surface area contributed by atoms with Gasteiger partial charge in [0, 0.05) is 0 Å². The van der Waals surface area contributed by atoms with Gasteiger partial charge in [0.15, 0.2) is 11.6 Å². The van der Waals surface area contributed by atoms with E-state index in [9.17, 15) is 4.39 Å². The van der Waals surface area contributed by atoms with Crippen LogP contribution in [0.3, 0.4) is 0 Å². The van der Waals surface area contributed by atoms with Crippen LogP contribution in [0.2, 0.25) is 0 Å². The molecule has 0 aliphatic heterocycles. The maximum absolute atomic E-state index is 13.2. The minimum atomic E-state index is -0.506. The summed E-state index contributed by atoms with van der Waals surface area (Å²) >= 11 is 0. The van der Waals surface area contributed by atoms with Crippen LogP contribution in [0.15, 0.2) is 30.4 Å². The molecule has 0 amide bonds. The van der Waals surface area contributed by atoms with Gasteiger partial charge in [-0.15, -0.1) is 0 Å². The van der Waals surface area contributed by atoms with Crippen molar-refractivity contribution in [2.75, 3.05) is 6.61 Å². The Bertz CT molecular complexity index is 379. The van der Waals surface area contributed by atoms with Crippen molar-refractivity contribution >= 4 is 0 Å². The molecule has 1 rings (SSSR count). The predicted octanol–water partition coefficient (Wildman–Crippen LogP) is 2.65. The van der Waals surface area contributed by atoms with Crippen LogP contribution >= 0.6 is 0 Å². The largest absolute Gasteiger partial charge is 0.486 e. The lowest BCUT2D eigenvalue weighted by Crippen LogP contribution is -1.96. The summed E-state index contributed by atoms with van der Waals surface area (Å²) in [4.78, 5) is 0. The number of allylic oxidation sites excluding steroid dienone is 1. The van der Waals surface area contributed by atoms with E-state index in [4.69, 9.17) is 10.00 Å². The molecule has 0 fully saturated rings. The van der Waals surface area contributed by atoms with Crippen molar-refractivity contribution < 1.29 is 9.13 Å². The van der Waals surface area contributed by atoms with Crippen molar-refractivity contribution in [1.82, 2.24) is 0 Å². The van der Waals surface area contributed by atoms with Crippen LogP contribution in [0.25, 0.3) is 0 Å². The normalized spacial score (nSPS) is 10.1. The molecule has 0 N–H and O–H groups in total. The van der Waals surface area contributed by atoms with Crippen LogP contribution in [0, 0.1) is 17.1 Å². The minimum Gasteiger partial charge on any atom is -0.486 e. The second-order valence-corrected chi connectivity index (χ2v) is 2.64. The van der Waals surface area contributed by atoms with Crippen LogP contribution in [-0.2, 0) is 0 Å². The first-order chi connectivity index (χ1) is 6.77. The Kier molecular flexibility index (Phi) is 3.69. The molecule has 14 heavy (non-hydrogen) atoms. The molecule has 0 saturated heterocycles. The number of hydrogen-bond donors (Lipinski definition) is 0. The molecule has 1 aromatic carbocycles. The third-order valence-corrected chi connectivity index (χ3v) is 1.63. The first-order valence-electron chi connectivity index (χ1n) is 4.21. The fourth-order valence-electron chi connectivity index (χ4n) is 0.922. The molecule has 0 aliphatic carbocycles. The Labute approximate surface area is 82.2 Å². The van der Waals surface area contributed by atoms with E-state index in [1.54, 1.807) is 6.08 Å². The highest BCUT2D eigenvalue weighted by Gasteiger charge is 2.03. The van der Waals surface area contributed by atoms with E-state index in [-0.39, 0.29) is 5.75 Å². The zero-order valence-corrected chi connectivity index (χ0v) is 7.83.